The van der Waals surface area contributed by atoms with Crippen LogP contribution < -0.4 is 5.32 Å². The van der Waals surface area contributed by atoms with Crippen LogP contribution in [0.1, 0.15) is 30.4 Å². The molecule has 0 spiro atoms. The molecule has 0 aliphatic carbocycles. The van der Waals surface area contributed by atoms with Gasteiger partial charge in [0.15, 0.2) is 0 Å². The molecule has 0 bridgehead atoms. The SMILES string of the molecule is O=C(CCCc1ccc(C(F)(F)F)cc1)[C@@H]1C[C@@H](O)CN1. The van der Waals surface area contributed by atoms with Crippen molar-refractivity contribution < 1.29 is 23.1 Å². The van der Waals surface area contributed by atoms with E-state index in [1.165, 1.54) is 12.1 Å². The lowest BCUT2D eigenvalue weighted by atomic mass is 10.0. The van der Waals surface area contributed by atoms with Crippen LogP contribution in [0.25, 0.3) is 0 Å². The van der Waals surface area contributed by atoms with Crippen molar-refractivity contribution in [2.75, 3.05) is 6.54 Å². The van der Waals surface area contributed by atoms with E-state index in [1.807, 2.05) is 0 Å². The van der Waals surface area contributed by atoms with Gasteiger partial charge in [0.2, 0.25) is 0 Å². The molecule has 3 nitrogen and oxygen atoms in total. The molecule has 6 heteroatoms. The van der Waals surface area contributed by atoms with Crippen molar-refractivity contribution in [1.82, 2.24) is 5.32 Å². The molecule has 0 radical (unpaired) electrons. The fourth-order valence-corrected chi connectivity index (χ4v) is 2.46. The number of carbonyl (C=O) groups excluding carboxylic acids is 1. The number of β-amino-alcohol motifs (C(OH)–C–C–N with tert-alkyl or cyclic N) is 1. The standard InChI is InChI=1S/C15H18F3NO2/c16-15(17,18)11-6-4-10(5-7-11)2-1-3-14(21)13-8-12(20)9-19-13/h4-7,12-13,19-20H,1-3,8-9H2/t12-,13+/m1/s1. The molecule has 0 saturated carbocycles. The van der Waals surface area contributed by atoms with Crippen LogP contribution in [-0.4, -0.2) is 29.6 Å². The fourth-order valence-electron chi connectivity index (χ4n) is 2.46. The van der Waals surface area contributed by atoms with Crippen LogP contribution in [0.2, 0.25) is 0 Å². The number of hydrogen-bond acceptors (Lipinski definition) is 3. The summed E-state index contributed by atoms with van der Waals surface area (Å²) in [5, 5.41) is 12.3. The second-order valence-electron chi connectivity index (χ2n) is 5.36. The summed E-state index contributed by atoms with van der Waals surface area (Å²) < 4.78 is 37.2. The van der Waals surface area contributed by atoms with Crippen molar-refractivity contribution in [2.45, 2.75) is 44.0 Å². The highest BCUT2D eigenvalue weighted by Gasteiger charge is 2.30. The Bertz CT molecular complexity index is 485. The van der Waals surface area contributed by atoms with Crippen LogP contribution in [0.5, 0.6) is 0 Å². The van der Waals surface area contributed by atoms with Gasteiger partial charge in [0.05, 0.1) is 17.7 Å². The first kappa shape index (κ1) is 16.0. The third-order valence-corrected chi connectivity index (χ3v) is 3.67. The molecule has 0 unspecified atom stereocenters. The number of halogens is 3. The summed E-state index contributed by atoms with van der Waals surface area (Å²) >= 11 is 0. The third-order valence-electron chi connectivity index (χ3n) is 3.67. The van der Waals surface area contributed by atoms with Crippen LogP contribution in [0.4, 0.5) is 13.2 Å². The van der Waals surface area contributed by atoms with Crippen molar-refractivity contribution >= 4 is 5.78 Å². The number of aliphatic hydroxyl groups is 1. The molecule has 116 valence electrons. The van der Waals surface area contributed by atoms with Crippen molar-refractivity contribution in [3.63, 3.8) is 0 Å². The van der Waals surface area contributed by atoms with E-state index in [1.54, 1.807) is 0 Å². The quantitative estimate of drug-likeness (QED) is 0.877. The summed E-state index contributed by atoms with van der Waals surface area (Å²) in [4.78, 5) is 11.8. The smallest absolute Gasteiger partial charge is 0.392 e. The Hall–Kier alpha value is -1.40. The summed E-state index contributed by atoms with van der Waals surface area (Å²) in [7, 11) is 0. The zero-order chi connectivity index (χ0) is 15.5. The maximum Gasteiger partial charge on any atom is 0.416 e. The Morgan fingerprint density at radius 1 is 1.29 bits per heavy atom. The van der Waals surface area contributed by atoms with E-state index < -0.39 is 17.8 Å². The molecule has 1 heterocycles. The lowest BCUT2D eigenvalue weighted by Crippen LogP contribution is -2.30. The number of carbonyl (C=O) groups is 1. The summed E-state index contributed by atoms with van der Waals surface area (Å²) in [6, 6.07) is 4.74. The predicted molar refractivity (Wildman–Crippen MR) is 71.8 cm³/mol. The number of alkyl halides is 3. The van der Waals surface area contributed by atoms with Crippen LogP contribution in [0.15, 0.2) is 24.3 Å². The van der Waals surface area contributed by atoms with Crippen LogP contribution >= 0.6 is 0 Å². The number of benzene rings is 1. The minimum absolute atomic E-state index is 0.0541. The van der Waals surface area contributed by atoms with Crippen LogP contribution in [0.3, 0.4) is 0 Å². The van der Waals surface area contributed by atoms with Gasteiger partial charge < -0.3 is 10.4 Å². The average molecular weight is 301 g/mol. The number of nitrogens with one attached hydrogen (secondary N) is 1. The van der Waals surface area contributed by atoms with Crippen molar-refractivity contribution in [3.8, 4) is 0 Å². The molecule has 1 aromatic rings. The van der Waals surface area contributed by atoms with E-state index in [4.69, 9.17) is 0 Å². The van der Waals surface area contributed by atoms with Crippen LogP contribution in [-0.2, 0) is 17.4 Å². The highest BCUT2D eigenvalue weighted by molar-refractivity contribution is 5.84. The first-order chi connectivity index (χ1) is 9.86. The molecule has 2 atom stereocenters. The molecule has 2 rings (SSSR count). The maximum atomic E-state index is 12.4. The lowest BCUT2D eigenvalue weighted by Gasteiger charge is -2.09. The Morgan fingerprint density at radius 2 is 1.95 bits per heavy atom. The molecule has 2 N–H and O–H groups in total. The predicted octanol–water partition coefficient (Wildman–Crippen LogP) is 2.32. The van der Waals surface area contributed by atoms with E-state index in [0.29, 0.717) is 32.2 Å². The number of hydrogen-bond donors (Lipinski definition) is 2. The Kier molecular flexibility index (Phi) is 5.00. The molecule has 1 aliphatic rings. The number of Topliss-reactive ketones (excluding diaryl/α,β-unsaturated/α-hetero) is 1. The number of aliphatic hydroxyl groups excluding tert-OH is 1. The average Bonchev–Trinajstić information content (AvgIpc) is 2.85. The minimum atomic E-state index is -4.32. The molecule has 1 aliphatic heterocycles. The van der Waals surface area contributed by atoms with Crippen molar-refractivity contribution in [1.29, 1.82) is 0 Å². The van der Waals surface area contributed by atoms with Gasteiger partial charge >= 0.3 is 6.18 Å². The summed E-state index contributed by atoms with van der Waals surface area (Å²) in [5.74, 6) is 0.0541. The Labute approximate surface area is 121 Å². The molecular formula is C15H18F3NO2. The van der Waals surface area contributed by atoms with E-state index in [-0.39, 0.29) is 11.8 Å². The monoisotopic (exact) mass is 301 g/mol. The molecule has 1 aromatic carbocycles. The van der Waals surface area contributed by atoms with Gasteiger partial charge in [0.25, 0.3) is 0 Å². The summed E-state index contributed by atoms with van der Waals surface area (Å²) in [6.07, 6.45) is -2.81. The van der Waals surface area contributed by atoms with E-state index in [0.717, 1.165) is 17.7 Å². The Morgan fingerprint density at radius 3 is 2.48 bits per heavy atom. The maximum absolute atomic E-state index is 12.4. The van der Waals surface area contributed by atoms with Gasteiger partial charge in [-0.15, -0.1) is 0 Å². The number of ketones is 1. The zero-order valence-corrected chi connectivity index (χ0v) is 11.5. The number of rotatable bonds is 5. The molecule has 1 saturated heterocycles. The van der Waals surface area contributed by atoms with Gasteiger partial charge in [-0.1, -0.05) is 12.1 Å². The van der Waals surface area contributed by atoms with Gasteiger partial charge in [-0.2, -0.15) is 13.2 Å². The van der Waals surface area contributed by atoms with E-state index in [2.05, 4.69) is 5.32 Å². The largest absolute Gasteiger partial charge is 0.416 e. The van der Waals surface area contributed by atoms with E-state index >= 15 is 0 Å². The highest BCUT2D eigenvalue weighted by atomic mass is 19.4. The van der Waals surface area contributed by atoms with Gasteiger partial charge in [0.1, 0.15) is 5.78 Å². The first-order valence-corrected chi connectivity index (χ1v) is 6.96. The topological polar surface area (TPSA) is 49.3 Å². The fraction of sp³-hybridized carbons (Fsp3) is 0.533. The highest BCUT2D eigenvalue weighted by Crippen LogP contribution is 2.29. The summed E-state index contributed by atoms with van der Waals surface area (Å²) in [6.45, 7) is 0.440. The molecule has 21 heavy (non-hydrogen) atoms. The van der Waals surface area contributed by atoms with Gasteiger partial charge in [-0.3, -0.25) is 4.79 Å². The summed E-state index contributed by atoms with van der Waals surface area (Å²) in [5.41, 5.74) is 0.127. The molecule has 1 fully saturated rings. The lowest BCUT2D eigenvalue weighted by molar-refractivity contribution is -0.137. The van der Waals surface area contributed by atoms with Crippen LogP contribution in [0, 0.1) is 0 Å². The second-order valence-corrected chi connectivity index (χ2v) is 5.36. The van der Waals surface area contributed by atoms with Crippen molar-refractivity contribution in [3.05, 3.63) is 35.4 Å². The van der Waals surface area contributed by atoms with Crippen molar-refractivity contribution in [2.24, 2.45) is 0 Å². The Balaban J connectivity index is 1.77. The minimum Gasteiger partial charge on any atom is -0.392 e. The van der Waals surface area contributed by atoms with E-state index in [9.17, 15) is 23.1 Å². The number of aryl methyl sites for hydroxylation is 1. The van der Waals surface area contributed by atoms with Gasteiger partial charge in [-0.05, 0) is 37.0 Å². The van der Waals surface area contributed by atoms with Gasteiger partial charge in [0, 0.05) is 13.0 Å². The normalized spacial score (nSPS) is 22.5. The van der Waals surface area contributed by atoms with Gasteiger partial charge in [-0.25, -0.2) is 0 Å². The molecule has 0 aromatic heterocycles. The molecular weight excluding hydrogens is 283 g/mol. The third kappa shape index (κ3) is 4.54. The zero-order valence-electron chi connectivity index (χ0n) is 11.5. The second kappa shape index (κ2) is 6.58. The molecule has 0 amide bonds. The first-order valence-electron chi connectivity index (χ1n) is 6.96.